The van der Waals surface area contributed by atoms with Gasteiger partial charge in [-0.25, -0.2) is 0 Å². The summed E-state index contributed by atoms with van der Waals surface area (Å²) in [5, 5.41) is 2.34. The van der Waals surface area contributed by atoms with Gasteiger partial charge in [0, 0.05) is 24.7 Å². The van der Waals surface area contributed by atoms with Crippen LogP contribution in [0.4, 0.5) is 0 Å². The molecule has 0 N–H and O–H groups in total. The van der Waals surface area contributed by atoms with Crippen LogP contribution in [0, 0.1) is 0 Å². The van der Waals surface area contributed by atoms with Crippen molar-refractivity contribution in [2.45, 2.75) is 31.7 Å². The summed E-state index contributed by atoms with van der Waals surface area (Å²) in [6.45, 7) is 4.22. The maximum Gasteiger partial charge on any atom is 0.253 e. The highest BCUT2D eigenvalue weighted by molar-refractivity contribution is 5.98. The van der Waals surface area contributed by atoms with Crippen molar-refractivity contribution in [2.75, 3.05) is 26.2 Å². The van der Waals surface area contributed by atoms with E-state index < -0.39 is 0 Å². The maximum atomic E-state index is 12.9. The van der Waals surface area contributed by atoms with Crippen LogP contribution in [0.1, 0.15) is 36.0 Å². The second-order valence-electron chi connectivity index (χ2n) is 6.85. The zero-order valence-corrected chi connectivity index (χ0v) is 13.6. The molecule has 120 valence electrons. The Morgan fingerprint density at radius 3 is 2.52 bits per heavy atom. The Morgan fingerprint density at radius 2 is 1.70 bits per heavy atom. The Hall–Kier alpha value is -1.87. The molecule has 0 bridgehead atoms. The largest absolute Gasteiger partial charge is 0.337 e. The van der Waals surface area contributed by atoms with Crippen LogP contribution in [-0.2, 0) is 0 Å². The Balaban J connectivity index is 1.52. The summed E-state index contributed by atoms with van der Waals surface area (Å²) in [6.07, 6.45) is 4.99. The first kappa shape index (κ1) is 14.7. The zero-order valence-electron chi connectivity index (χ0n) is 13.6. The number of benzene rings is 2. The molecule has 0 aromatic heterocycles. The van der Waals surface area contributed by atoms with Gasteiger partial charge in [0.2, 0.25) is 0 Å². The Kier molecular flexibility index (Phi) is 4.04. The molecule has 0 radical (unpaired) electrons. The van der Waals surface area contributed by atoms with Crippen LogP contribution >= 0.6 is 0 Å². The third-order valence-corrected chi connectivity index (χ3v) is 5.34. The van der Waals surface area contributed by atoms with E-state index in [0.717, 1.165) is 30.5 Å². The monoisotopic (exact) mass is 308 g/mol. The summed E-state index contributed by atoms with van der Waals surface area (Å²) < 4.78 is 0. The van der Waals surface area contributed by atoms with Crippen LogP contribution in [0.25, 0.3) is 10.8 Å². The standard InChI is InChI=1S/C20H24N2O/c23-20(18-10-9-16-6-1-2-7-17(16)14-18)22-13-5-8-19(15-22)21-11-3-4-12-21/h1-2,6-7,9-10,14,19H,3-5,8,11-13,15H2. The number of fused-ring (bicyclic) bond motifs is 1. The highest BCUT2D eigenvalue weighted by atomic mass is 16.2. The van der Waals surface area contributed by atoms with Gasteiger partial charge in [-0.15, -0.1) is 0 Å². The first-order valence-corrected chi connectivity index (χ1v) is 8.83. The molecule has 4 rings (SSSR count). The lowest BCUT2D eigenvalue weighted by Crippen LogP contribution is -2.48. The second kappa shape index (κ2) is 6.32. The summed E-state index contributed by atoms with van der Waals surface area (Å²) in [7, 11) is 0. The molecular formula is C20H24N2O. The van der Waals surface area contributed by atoms with Crippen molar-refractivity contribution in [3.63, 3.8) is 0 Å². The zero-order chi connectivity index (χ0) is 15.6. The summed E-state index contributed by atoms with van der Waals surface area (Å²) in [5.41, 5.74) is 0.825. The molecule has 3 nitrogen and oxygen atoms in total. The van der Waals surface area contributed by atoms with Crippen molar-refractivity contribution < 1.29 is 4.79 Å². The molecular weight excluding hydrogens is 284 g/mol. The SMILES string of the molecule is O=C(c1ccc2ccccc2c1)N1CCCC(N2CCCC2)C1. The molecule has 1 atom stereocenters. The minimum atomic E-state index is 0.194. The number of piperidine rings is 1. The number of carbonyl (C=O) groups is 1. The predicted octanol–water partition coefficient (Wildman–Crippen LogP) is 3.54. The van der Waals surface area contributed by atoms with Gasteiger partial charge in [-0.3, -0.25) is 9.69 Å². The molecule has 2 aromatic carbocycles. The number of likely N-dealkylation sites (tertiary alicyclic amines) is 2. The number of hydrogen-bond acceptors (Lipinski definition) is 2. The Morgan fingerprint density at radius 1 is 0.913 bits per heavy atom. The van der Waals surface area contributed by atoms with Crippen LogP contribution in [0.3, 0.4) is 0 Å². The number of amides is 1. The van der Waals surface area contributed by atoms with Crippen molar-refractivity contribution in [2.24, 2.45) is 0 Å². The van der Waals surface area contributed by atoms with E-state index >= 15 is 0 Å². The Labute approximate surface area is 137 Å². The van der Waals surface area contributed by atoms with Crippen LogP contribution in [-0.4, -0.2) is 47.9 Å². The van der Waals surface area contributed by atoms with Crippen LogP contribution in [0.5, 0.6) is 0 Å². The highest BCUT2D eigenvalue weighted by Gasteiger charge is 2.29. The third kappa shape index (κ3) is 2.98. The molecule has 2 aromatic rings. The van der Waals surface area contributed by atoms with E-state index in [1.165, 1.54) is 37.7 Å². The van der Waals surface area contributed by atoms with Crippen molar-refractivity contribution in [1.82, 2.24) is 9.80 Å². The third-order valence-electron chi connectivity index (χ3n) is 5.34. The number of nitrogens with zero attached hydrogens (tertiary/aromatic N) is 2. The van der Waals surface area contributed by atoms with E-state index in [0.29, 0.717) is 6.04 Å². The minimum Gasteiger partial charge on any atom is -0.337 e. The molecule has 2 saturated heterocycles. The van der Waals surface area contributed by atoms with Crippen molar-refractivity contribution in [3.05, 3.63) is 48.0 Å². The molecule has 0 saturated carbocycles. The maximum absolute atomic E-state index is 12.9. The lowest BCUT2D eigenvalue weighted by atomic mass is 10.0. The van der Waals surface area contributed by atoms with E-state index in [4.69, 9.17) is 0 Å². The summed E-state index contributed by atoms with van der Waals surface area (Å²) in [4.78, 5) is 17.6. The lowest BCUT2D eigenvalue weighted by molar-refractivity contribution is 0.0608. The Bertz CT molecular complexity index is 706. The summed E-state index contributed by atoms with van der Waals surface area (Å²) >= 11 is 0. The van der Waals surface area contributed by atoms with Gasteiger partial charge >= 0.3 is 0 Å². The second-order valence-corrected chi connectivity index (χ2v) is 6.85. The van der Waals surface area contributed by atoms with Crippen LogP contribution < -0.4 is 0 Å². The predicted molar refractivity (Wildman–Crippen MR) is 93.7 cm³/mol. The first-order chi connectivity index (χ1) is 11.3. The van der Waals surface area contributed by atoms with Gasteiger partial charge in [-0.2, -0.15) is 0 Å². The topological polar surface area (TPSA) is 23.6 Å². The normalized spacial score (nSPS) is 22.6. The molecule has 1 unspecified atom stereocenters. The van der Waals surface area contributed by atoms with E-state index in [9.17, 15) is 4.79 Å². The molecule has 2 aliphatic heterocycles. The quantitative estimate of drug-likeness (QED) is 0.847. The molecule has 23 heavy (non-hydrogen) atoms. The average molecular weight is 308 g/mol. The molecule has 0 spiro atoms. The van der Waals surface area contributed by atoms with E-state index in [2.05, 4.69) is 28.0 Å². The summed E-state index contributed by atoms with van der Waals surface area (Å²) in [5.74, 6) is 0.194. The average Bonchev–Trinajstić information content (AvgIpc) is 3.15. The summed E-state index contributed by atoms with van der Waals surface area (Å²) in [6, 6.07) is 14.9. The van der Waals surface area contributed by atoms with Crippen LogP contribution in [0.2, 0.25) is 0 Å². The first-order valence-electron chi connectivity index (χ1n) is 8.83. The number of rotatable bonds is 2. The van der Waals surface area contributed by atoms with Crippen LogP contribution in [0.15, 0.2) is 42.5 Å². The highest BCUT2D eigenvalue weighted by Crippen LogP contribution is 2.23. The van der Waals surface area contributed by atoms with Gasteiger partial charge in [0.05, 0.1) is 0 Å². The van der Waals surface area contributed by atoms with Crippen molar-refractivity contribution in [1.29, 1.82) is 0 Å². The molecule has 2 fully saturated rings. The van der Waals surface area contributed by atoms with Gasteiger partial charge in [-0.05, 0) is 61.7 Å². The van der Waals surface area contributed by atoms with E-state index in [1.807, 2.05) is 24.3 Å². The fraction of sp³-hybridized carbons (Fsp3) is 0.450. The molecule has 1 amide bonds. The molecule has 0 aliphatic carbocycles. The van der Waals surface area contributed by atoms with E-state index in [-0.39, 0.29) is 5.91 Å². The molecule has 3 heteroatoms. The molecule has 2 aliphatic rings. The lowest BCUT2D eigenvalue weighted by Gasteiger charge is -2.37. The molecule has 2 heterocycles. The van der Waals surface area contributed by atoms with Gasteiger partial charge in [0.25, 0.3) is 5.91 Å². The number of hydrogen-bond donors (Lipinski definition) is 0. The van der Waals surface area contributed by atoms with Crippen molar-refractivity contribution >= 4 is 16.7 Å². The van der Waals surface area contributed by atoms with Gasteiger partial charge in [0.15, 0.2) is 0 Å². The van der Waals surface area contributed by atoms with E-state index in [1.54, 1.807) is 0 Å². The van der Waals surface area contributed by atoms with Gasteiger partial charge in [0.1, 0.15) is 0 Å². The smallest absolute Gasteiger partial charge is 0.253 e. The fourth-order valence-electron chi connectivity index (χ4n) is 4.05. The minimum absolute atomic E-state index is 0.194. The number of carbonyl (C=O) groups excluding carboxylic acids is 1. The van der Waals surface area contributed by atoms with Crippen molar-refractivity contribution in [3.8, 4) is 0 Å². The van der Waals surface area contributed by atoms with Gasteiger partial charge in [-0.1, -0.05) is 30.3 Å². The fourth-order valence-corrected chi connectivity index (χ4v) is 4.05. The van der Waals surface area contributed by atoms with Gasteiger partial charge < -0.3 is 4.90 Å².